The number of H-pyrrole nitrogens is 1. The Morgan fingerprint density at radius 2 is 2.21 bits per heavy atom. The van der Waals surface area contributed by atoms with Gasteiger partial charge >= 0.3 is 5.76 Å². The maximum Gasteiger partial charge on any atom is 0.459 e. The van der Waals surface area contributed by atoms with Crippen LogP contribution >= 0.6 is 0 Å². The first-order valence-electron chi connectivity index (χ1n) is 4.24. The summed E-state index contributed by atoms with van der Waals surface area (Å²) in [7, 11) is 0. The van der Waals surface area contributed by atoms with Gasteiger partial charge in [-0.1, -0.05) is 17.7 Å². The molecule has 0 spiro atoms. The first kappa shape index (κ1) is 8.68. The first-order chi connectivity index (χ1) is 6.79. The van der Waals surface area contributed by atoms with Crippen LogP contribution in [0.4, 0.5) is 0 Å². The van der Waals surface area contributed by atoms with Gasteiger partial charge in [0, 0.05) is 0 Å². The molecule has 0 aliphatic rings. The highest BCUT2D eigenvalue weighted by Gasteiger charge is 1.98. The Hall–Kier alpha value is -1.91. The highest BCUT2D eigenvalue weighted by atomic mass is 17.2. The summed E-state index contributed by atoms with van der Waals surface area (Å²) in [4.78, 5) is 13.3. The molecular formula is C9H9NO4. The molecule has 74 valence electrons. The topological polar surface area (TPSA) is 72.3 Å². The lowest BCUT2D eigenvalue weighted by Gasteiger charge is -1.93. The summed E-state index contributed by atoms with van der Waals surface area (Å²) in [6, 6.07) is 5.42. The van der Waals surface area contributed by atoms with E-state index in [9.17, 15) is 4.79 Å². The van der Waals surface area contributed by atoms with Crippen molar-refractivity contribution in [2.24, 2.45) is 0 Å². The number of rotatable bonds is 1. The van der Waals surface area contributed by atoms with Crippen molar-refractivity contribution >= 4 is 11.1 Å². The zero-order chi connectivity index (χ0) is 9.97. The van der Waals surface area contributed by atoms with E-state index in [1.807, 2.05) is 13.0 Å². The van der Waals surface area contributed by atoms with Crippen LogP contribution in [0.15, 0.2) is 36.9 Å². The minimum atomic E-state index is -0.701. The van der Waals surface area contributed by atoms with Crippen LogP contribution in [-0.2, 0) is 6.42 Å². The molecule has 0 aliphatic carbocycles. The molecule has 2 rings (SSSR count). The standard InChI is InChI=1S/C9H9NO4/c1-2-6-3-4-7-8(5-6)12-14-13-9(11)10-7/h3-5H,2H2,1H3,(H,10,11). The summed E-state index contributed by atoms with van der Waals surface area (Å²) in [6.45, 7) is 2.02. The zero-order valence-corrected chi connectivity index (χ0v) is 7.57. The van der Waals surface area contributed by atoms with Crippen molar-refractivity contribution in [2.75, 3.05) is 0 Å². The number of aromatic nitrogens is 1. The monoisotopic (exact) mass is 195 g/mol. The molecule has 0 atom stereocenters. The van der Waals surface area contributed by atoms with Crippen molar-refractivity contribution in [1.82, 2.24) is 4.98 Å². The molecule has 0 saturated carbocycles. The van der Waals surface area contributed by atoms with Gasteiger partial charge in [-0.15, -0.1) is 0 Å². The van der Waals surface area contributed by atoms with Crippen LogP contribution in [0.1, 0.15) is 12.5 Å². The Morgan fingerprint density at radius 3 is 3.00 bits per heavy atom. The Morgan fingerprint density at radius 1 is 1.36 bits per heavy atom. The number of fused-ring (bicyclic) bond motifs is 1. The van der Waals surface area contributed by atoms with Crippen LogP contribution in [-0.4, -0.2) is 4.98 Å². The third kappa shape index (κ3) is 1.56. The molecule has 1 aromatic carbocycles. The third-order valence-corrected chi connectivity index (χ3v) is 1.92. The lowest BCUT2D eigenvalue weighted by atomic mass is 10.1. The SMILES string of the molecule is CCc1ccc2[nH]c(=O)oooc2c1. The number of aromatic amines is 1. The molecule has 1 heterocycles. The van der Waals surface area contributed by atoms with Crippen LogP contribution in [0.2, 0.25) is 0 Å². The summed E-state index contributed by atoms with van der Waals surface area (Å²) in [6.07, 6.45) is 0.880. The molecule has 1 aromatic heterocycles. The average Bonchev–Trinajstić information content (AvgIpc) is 2.37. The first-order valence-corrected chi connectivity index (χ1v) is 4.24. The molecule has 5 heteroatoms. The lowest BCUT2D eigenvalue weighted by Crippen LogP contribution is -1.97. The summed E-state index contributed by atoms with van der Waals surface area (Å²) in [5.41, 5.74) is 2.06. The maximum atomic E-state index is 10.9. The number of hydrogen-bond acceptors (Lipinski definition) is 4. The molecule has 0 bridgehead atoms. The Bertz CT molecular complexity index is 526. The van der Waals surface area contributed by atoms with Crippen LogP contribution < -0.4 is 5.76 Å². The van der Waals surface area contributed by atoms with Gasteiger partial charge in [0.05, 0.1) is 5.52 Å². The van der Waals surface area contributed by atoms with E-state index in [-0.39, 0.29) is 0 Å². The normalized spacial score (nSPS) is 10.4. The van der Waals surface area contributed by atoms with Gasteiger partial charge in [0.1, 0.15) is 0 Å². The second kappa shape index (κ2) is 3.45. The molecular weight excluding hydrogens is 186 g/mol. The quantitative estimate of drug-likeness (QED) is 0.706. The van der Waals surface area contributed by atoms with Crippen molar-refractivity contribution < 1.29 is 13.9 Å². The van der Waals surface area contributed by atoms with Gasteiger partial charge in [0.15, 0.2) is 0 Å². The third-order valence-electron chi connectivity index (χ3n) is 1.92. The predicted molar refractivity (Wildman–Crippen MR) is 48.4 cm³/mol. The summed E-state index contributed by atoms with van der Waals surface area (Å²) in [5, 5.41) is 0. The zero-order valence-electron chi connectivity index (χ0n) is 7.57. The highest BCUT2D eigenvalue weighted by molar-refractivity contribution is 5.71. The van der Waals surface area contributed by atoms with Crippen LogP contribution in [0.3, 0.4) is 0 Å². The van der Waals surface area contributed by atoms with Gasteiger partial charge in [-0.05, 0) is 24.1 Å². The second-order valence-corrected chi connectivity index (χ2v) is 2.83. The molecule has 14 heavy (non-hydrogen) atoms. The Kier molecular flexibility index (Phi) is 2.14. The van der Waals surface area contributed by atoms with Gasteiger partial charge in [-0.3, -0.25) is 4.98 Å². The lowest BCUT2D eigenvalue weighted by molar-refractivity contribution is -0.176. The van der Waals surface area contributed by atoms with Gasteiger partial charge in [-0.25, -0.2) is 9.37 Å². The van der Waals surface area contributed by atoms with Crippen LogP contribution in [0.5, 0.6) is 0 Å². The Labute approximate surface area is 78.5 Å². The molecule has 5 nitrogen and oxygen atoms in total. The van der Waals surface area contributed by atoms with Gasteiger partial charge < -0.3 is 0 Å². The molecule has 2 aromatic rings. The molecule has 0 aliphatic heterocycles. The van der Waals surface area contributed by atoms with E-state index >= 15 is 0 Å². The molecule has 0 fully saturated rings. The van der Waals surface area contributed by atoms with Crippen molar-refractivity contribution in [2.45, 2.75) is 13.3 Å². The van der Waals surface area contributed by atoms with E-state index in [0.717, 1.165) is 12.0 Å². The fourth-order valence-corrected chi connectivity index (χ4v) is 1.17. The van der Waals surface area contributed by atoms with Crippen molar-refractivity contribution in [1.29, 1.82) is 0 Å². The number of nitrogens with one attached hydrogen (secondary N) is 1. The minimum absolute atomic E-state index is 0.440. The van der Waals surface area contributed by atoms with Gasteiger partial charge in [0.2, 0.25) is 5.58 Å². The van der Waals surface area contributed by atoms with E-state index in [1.54, 1.807) is 12.1 Å². The Balaban J connectivity index is 2.80. The van der Waals surface area contributed by atoms with Crippen LogP contribution in [0, 0.1) is 0 Å². The van der Waals surface area contributed by atoms with E-state index in [1.165, 1.54) is 0 Å². The number of hydrogen-bond donors (Lipinski definition) is 1. The van der Waals surface area contributed by atoms with Gasteiger partial charge in [-0.2, -0.15) is 4.58 Å². The molecule has 0 saturated heterocycles. The summed E-state index contributed by atoms with van der Waals surface area (Å²) < 4.78 is 13.2. The fraction of sp³-hybridized carbons (Fsp3) is 0.222. The fourth-order valence-electron chi connectivity index (χ4n) is 1.17. The smallest absolute Gasteiger partial charge is 0.284 e. The van der Waals surface area contributed by atoms with Crippen molar-refractivity contribution in [3.05, 3.63) is 34.3 Å². The molecule has 1 N–H and O–H groups in total. The molecule has 0 unspecified atom stereocenters. The molecule has 0 amide bonds. The minimum Gasteiger partial charge on any atom is -0.284 e. The van der Waals surface area contributed by atoms with E-state index in [0.29, 0.717) is 11.1 Å². The predicted octanol–water partition coefficient (Wildman–Crippen LogP) is 1.99. The maximum absolute atomic E-state index is 10.9. The second-order valence-electron chi connectivity index (χ2n) is 2.83. The van der Waals surface area contributed by atoms with Crippen LogP contribution in [0.25, 0.3) is 11.1 Å². The van der Waals surface area contributed by atoms with Crippen molar-refractivity contribution in [3.63, 3.8) is 0 Å². The average molecular weight is 195 g/mol. The summed E-state index contributed by atoms with van der Waals surface area (Å²) in [5.74, 6) is -0.701. The van der Waals surface area contributed by atoms with E-state index in [4.69, 9.17) is 4.58 Å². The van der Waals surface area contributed by atoms with Crippen molar-refractivity contribution in [3.8, 4) is 0 Å². The summed E-state index contributed by atoms with van der Waals surface area (Å²) >= 11 is 0. The van der Waals surface area contributed by atoms with E-state index < -0.39 is 5.76 Å². The largest absolute Gasteiger partial charge is 0.459 e. The highest BCUT2D eigenvalue weighted by Crippen LogP contribution is 2.11. The number of benzene rings is 1. The number of aryl methyl sites for hydroxylation is 1. The van der Waals surface area contributed by atoms with Gasteiger partial charge in [0.25, 0.3) is 0 Å². The van der Waals surface area contributed by atoms with E-state index in [2.05, 4.69) is 14.3 Å². The molecule has 0 radical (unpaired) electrons.